The zero-order valence-electron chi connectivity index (χ0n) is 12.1. The van der Waals surface area contributed by atoms with Crippen LogP contribution in [0.2, 0.25) is 0 Å². The molecule has 0 radical (unpaired) electrons. The lowest BCUT2D eigenvalue weighted by Gasteiger charge is -2.11. The second-order valence-corrected chi connectivity index (χ2v) is 6.37. The molecule has 1 amide bonds. The maximum absolute atomic E-state index is 12.5. The van der Waals surface area contributed by atoms with Gasteiger partial charge in [0.2, 0.25) is 0 Å². The highest BCUT2D eigenvalue weighted by atomic mass is 32.1. The number of aryl methyl sites for hydroxylation is 2. The van der Waals surface area contributed by atoms with Crippen LogP contribution < -0.4 is 5.32 Å². The molecule has 0 saturated carbocycles. The minimum atomic E-state index is -0.210. The van der Waals surface area contributed by atoms with Crippen molar-refractivity contribution in [3.63, 3.8) is 0 Å². The van der Waals surface area contributed by atoms with Gasteiger partial charge in [-0.3, -0.25) is 4.79 Å². The van der Waals surface area contributed by atoms with Crippen LogP contribution >= 0.6 is 11.3 Å². The van der Waals surface area contributed by atoms with Crippen LogP contribution in [0.1, 0.15) is 26.5 Å². The van der Waals surface area contributed by atoms with E-state index in [1.807, 2.05) is 37.3 Å². The summed E-state index contributed by atoms with van der Waals surface area (Å²) in [5.74, 6) is 0.537. The maximum atomic E-state index is 12.5. The Balaban J connectivity index is 1.68. The largest absolute Gasteiger partial charge is 0.355 e. The molecule has 1 aromatic carbocycles. The Labute approximate surface area is 131 Å². The van der Waals surface area contributed by atoms with Crippen LogP contribution in [-0.4, -0.2) is 11.1 Å². The third-order valence-electron chi connectivity index (χ3n) is 3.99. The summed E-state index contributed by atoms with van der Waals surface area (Å²) < 4.78 is 5.46. The molecule has 2 heterocycles. The van der Waals surface area contributed by atoms with E-state index in [0.29, 0.717) is 5.69 Å². The van der Waals surface area contributed by atoms with Gasteiger partial charge in [-0.25, -0.2) is 0 Å². The number of hydrogen-bond donors (Lipinski definition) is 1. The van der Waals surface area contributed by atoms with Crippen molar-refractivity contribution in [2.45, 2.75) is 19.8 Å². The van der Waals surface area contributed by atoms with Gasteiger partial charge in [-0.1, -0.05) is 23.4 Å². The molecule has 0 aliphatic heterocycles. The number of hydrogen-bond acceptors (Lipinski definition) is 4. The quantitative estimate of drug-likeness (QED) is 0.776. The molecule has 2 aromatic heterocycles. The third-order valence-corrected chi connectivity index (χ3v) is 4.97. The van der Waals surface area contributed by atoms with Crippen molar-refractivity contribution in [3.05, 3.63) is 57.4 Å². The molecule has 4 rings (SSSR count). The number of carbonyl (C=O) groups excluding carboxylic acids is 1. The van der Waals surface area contributed by atoms with E-state index in [2.05, 4.69) is 15.9 Å². The van der Waals surface area contributed by atoms with Gasteiger partial charge in [-0.05, 0) is 42.8 Å². The van der Waals surface area contributed by atoms with Gasteiger partial charge in [0.05, 0.1) is 0 Å². The third kappa shape index (κ3) is 2.05. The van der Waals surface area contributed by atoms with E-state index >= 15 is 0 Å². The molecule has 5 heteroatoms. The molecule has 1 N–H and O–H groups in total. The number of nitrogens with one attached hydrogen (secondary N) is 1. The van der Waals surface area contributed by atoms with Gasteiger partial charge in [-0.2, -0.15) is 0 Å². The lowest BCUT2D eigenvalue weighted by atomic mass is 9.95. The Morgan fingerprint density at radius 1 is 1.27 bits per heavy atom. The minimum absolute atomic E-state index is 0.210. The zero-order chi connectivity index (χ0) is 15.1. The van der Waals surface area contributed by atoms with Crippen molar-refractivity contribution in [1.82, 2.24) is 5.16 Å². The maximum Gasteiger partial charge on any atom is 0.278 e. The number of nitrogens with zero attached hydrogens (tertiary/aromatic N) is 1. The fourth-order valence-electron chi connectivity index (χ4n) is 2.80. The molecule has 0 atom stereocenters. The van der Waals surface area contributed by atoms with Crippen molar-refractivity contribution in [2.75, 3.05) is 5.32 Å². The van der Waals surface area contributed by atoms with Crippen molar-refractivity contribution in [3.8, 4) is 11.3 Å². The van der Waals surface area contributed by atoms with Gasteiger partial charge in [0.25, 0.3) is 5.91 Å². The number of aromatic nitrogens is 1. The van der Waals surface area contributed by atoms with E-state index < -0.39 is 0 Å². The van der Waals surface area contributed by atoms with Gasteiger partial charge in [0, 0.05) is 21.7 Å². The van der Waals surface area contributed by atoms with Gasteiger partial charge in [0.15, 0.2) is 11.5 Å². The second kappa shape index (κ2) is 5.10. The van der Waals surface area contributed by atoms with Gasteiger partial charge in [-0.15, -0.1) is 11.3 Å². The number of carbonyl (C=O) groups is 1. The first kappa shape index (κ1) is 13.3. The first-order chi connectivity index (χ1) is 10.7. The number of thiophene rings is 1. The molecule has 110 valence electrons. The molecule has 0 bridgehead atoms. The summed E-state index contributed by atoms with van der Waals surface area (Å²) in [6.07, 6.45) is 1.73. The highest BCUT2D eigenvalue weighted by Gasteiger charge is 2.28. The molecule has 1 aliphatic rings. The smallest absolute Gasteiger partial charge is 0.278 e. The normalized spacial score (nSPS) is 12.6. The summed E-state index contributed by atoms with van der Waals surface area (Å²) in [5, 5.41) is 8.99. The first-order valence-electron chi connectivity index (χ1n) is 7.16. The molecule has 0 unspecified atom stereocenters. The Bertz CT molecular complexity index is 863. The second-order valence-electron chi connectivity index (χ2n) is 5.37. The van der Waals surface area contributed by atoms with Crippen LogP contribution in [0.5, 0.6) is 0 Å². The first-order valence-corrected chi connectivity index (χ1v) is 8.04. The summed E-state index contributed by atoms with van der Waals surface area (Å²) in [4.78, 5) is 13.8. The van der Waals surface area contributed by atoms with Crippen molar-refractivity contribution < 1.29 is 9.32 Å². The number of fused-ring (bicyclic) bond motifs is 3. The molecular formula is C17H14N2O2S. The monoisotopic (exact) mass is 310 g/mol. The Morgan fingerprint density at radius 2 is 2.14 bits per heavy atom. The topological polar surface area (TPSA) is 55.1 Å². The van der Waals surface area contributed by atoms with E-state index in [9.17, 15) is 4.79 Å². The summed E-state index contributed by atoms with van der Waals surface area (Å²) in [6.45, 7) is 1.96. The Kier molecular flexibility index (Phi) is 3.08. The number of amides is 1. The Hall–Kier alpha value is -2.40. The average Bonchev–Trinajstić information content (AvgIpc) is 3.14. The SMILES string of the molecule is Cc1ccccc1NC(=O)c1noc2c1CCc1sccc1-2. The van der Waals surface area contributed by atoms with Crippen LogP contribution in [0, 0.1) is 6.92 Å². The zero-order valence-corrected chi connectivity index (χ0v) is 12.9. The van der Waals surface area contributed by atoms with Crippen molar-refractivity contribution in [2.24, 2.45) is 0 Å². The van der Waals surface area contributed by atoms with Crippen molar-refractivity contribution >= 4 is 22.9 Å². The molecule has 0 fully saturated rings. The fraction of sp³-hybridized carbons (Fsp3) is 0.176. The number of anilines is 1. The minimum Gasteiger partial charge on any atom is -0.355 e. The molecule has 0 spiro atoms. The molecular weight excluding hydrogens is 296 g/mol. The lowest BCUT2D eigenvalue weighted by Crippen LogP contribution is -2.16. The molecule has 3 aromatic rings. The van der Waals surface area contributed by atoms with Gasteiger partial charge < -0.3 is 9.84 Å². The standard InChI is InChI=1S/C17H14N2O2S/c1-10-4-2-3-5-13(10)18-17(20)15-12-6-7-14-11(8-9-22-14)16(12)21-19-15/h2-5,8-9H,6-7H2,1H3,(H,18,20). The van der Waals surface area contributed by atoms with Gasteiger partial charge >= 0.3 is 0 Å². The Morgan fingerprint density at radius 3 is 3.00 bits per heavy atom. The van der Waals surface area contributed by atoms with E-state index in [4.69, 9.17) is 4.52 Å². The fourth-order valence-corrected chi connectivity index (χ4v) is 3.68. The van der Waals surface area contributed by atoms with Crippen LogP contribution in [0.15, 0.2) is 40.2 Å². The number of rotatable bonds is 2. The average molecular weight is 310 g/mol. The molecule has 0 saturated heterocycles. The molecule has 22 heavy (non-hydrogen) atoms. The van der Waals surface area contributed by atoms with E-state index in [1.54, 1.807) is 11.3 Å². The van der Waals surface area contributed by atoms with E-state index in [0.717, 1.165) is 41.0 Å². The molecule has 4 nitrogen and oxygen atoms in total. The number of benzene rings is 1. The summed E-state index contributed by atoms with van der Waals surface area (Å²) in [5.41, 5.74) is 4.21. The molecule has 1 aliphatic carbocycles. The summed E-state index contributed by atoms with van der Waals surface area (Å²) >= 11 is 1.72. The predicted molar refractivity (Wildman–Crippen MR) is 86.4 cm³/mol. The highest BCUT2D eigenvalue weighted by Crippen LogP contribution is 2.38. The van der Waals surface area contributed by atoms with E-state index in [-0.39, 0.29) is 5.91 Å². The van der Waals surface area contributed by atoms with Gasteiger partial charge in [0.1, 0.15) is 0 Å². The van der Waals surface area contributed by atoms with Crippen LogP contribution in [0.3, 0.4) is 0 Å². The summed E-state index contributed by atoms with van der Waals surface area (Å²) in [6, 6.07) is 9.73. The predicted octanol–water partition coefficient (Wildman–Crippen LogP) is 4.06. The van der Waals surface area contributed by atoms with Crippen LogP contribution in [0.25, 0.3) is 11.3 Å². The highest BCUT2D eigenvalue weighted by molar-refractivity contribution is 7.10. The van der Waals surface area contributed by atoms with Crippen LogP contribution in [0.4, 0.5) is 5.69 Å². The van der Waals surface area contributed by atoms with E-state index in [1.165, 1.54) is 4.88 Å². The number of para-hydroxylation sites is 1. The van der Waals surface area contributed by atoms with Crippen LogP contribution in [-0.2, 0) is 12.8 Å². The van der Waals surface area contributed by atoms with Crippen molar-refractivity contribution in [1.29, 1.82) is 0 Å². The summed E-state index contributed by atoms with van der Waals surface area (Å²) in [7, 11) is 0. The lowest BCUT2D eigenvalue weighted by molar-refractivity contribution is 0.101.